The molecule has 0 unspecified atom stereocenters. The van der Waals surface area contributed by atoms with Gasteiger partial charge in [-0.15, -0.1) is 0 Å². The van der Waals surface area contributed by atoms with Crippen molar-refractivity contribution in [1.29, 1.82) is 0 Å². The van der Waals surface area contributed by atoms with Gasteiger partial charge in [-0.3, -0.25) is 4.79 Å². The monoisotopic (exact) mass is 241 g/mol. The van der Waals surface area contributed by atoms with Crippen molar-refractivity contribution in [3.63, 3.8) is 0 Å². The normalized spacial score (nSPS) is 10.1. The average molecular weight is 241 g/mol. The van der Waals surface area contributed by atoms with Crippen LogP contribution in [0.1, 0.15) is 23.0 Å². The summed E-state index contributed by atoms with van der Waals surface area (Å²) in [5.74, 6) is 0.810. The number of rotatable bonds is 4. The molecule has 0 aliphatic carbocycles. The minimum absolute atomic E-state index is 0.481. The summed E-state index contributed by atoms with van der Waals surface area (Å²) < 4.78 is 5.45. The van der Waals surface area contributed by atoms with E-state index < -0.39 is 0 Å². The molecule has 0 N–H and O–H groups in total. The lowest BCUT2D eigenvalue weighted by atomic mass is 10.1. The van der Waals surface area contributed by atoms with Gasteiger partial charge in [-0.1, -0.05) is 18.2 Å². The van der Waals surface area contributed by atoms with E-state index in [2.05, 4.69) is 4.98 Å². The Labute approximate surface area is 106 Å². The zero-order chi connectivity index (χ0) is 13.0. The van der Waals surface area contributed by atoms with Crippen molar-refractivity contribution in [2.45, 2.75) is 13.8 Å². The molecule has 0 radical (unpaired) electrons. The van der Waals surface area contributed by atoms with Crippen LogP contribution in [-0.2, 0) is 0 Å². The fourth-order valence-electron chi connectivity index (χ4n) is 1.74. The lowest BCUT2D eigenvalue weighted by Gasteiger charge is -2.07. The molecule has 3 nitrogen and oxygen atoms in total. The van der Waals surface area contributed by atoms with Gasteiger partial charge in [-0.05, 0) is 37.6 Å². The van der Waals surface area contributed by atoms with E-state index in [1.165, 1.54) is 0 Å². The molecule has 2 aromatic rings. The van der Waals surface area contributed by atoms with Crippen molar-refractivity contribution in [3.8, 4) is 17.0 Å². The van der Waals surface area contributed by atoms with E-state index >= 15 is 0 Å². The molecule has 0 fully saturated rings. The smallest absolute Gasteiger partial charge is 0.168 e. The quantitative estimate of drug-likeness (QED) is 0.771. The van der Waals surface area contributed by atoms with Gasteiger partial charge in [0, 0.05) is 5.56 Å². The topological polar surface area (TPSA) is 39.2 Å². The van der Waals surface area contributed by atoms with Crippen LogP contribution in [-0.4, -0.2) is 17.9 Å². The van der Waals surface area contributed by atoms with Crippen molar-refractivity contribution >= 4 is 6.29 Å². The first-order valence-electron chi connectivity index (χ1n) is 5.90. The van der Waals surface area contributed by atoms with Gasteiger partial charge in [0.05, 0.1) is 12.3 Å². The van der Waals surface area contributed by atoms with Crippen molar-refractivity contribution in [2.24, 2.45) is 0 Å². The SMILES string of the molecule is CCOc1cccc(-c2ccc(C)c(C=O)n2)c1. The molecule has 1 aromatic carbocycles. The van der Waals surface area contributed by atoms with Gasteiger partial charge < -0.3 is 4.74 Å². The third kappa shape index (κ3) is 2.56. The summed E-state index contributed by atoms with van der Waals surface area (Å²) in [6, 6.07) is 11.5. The van der Waals surface area contributed by atoms with Crippen molar-refractivity contribution in [3.05, 3.63) is 47.7 Å². The molecule has 0 aliphatic rings. The molecule has 1 aromatic heterocycles. The number of carbonyl (C=O) groups excluding carboxylic acids is 1. The molecule has 0 saturated carbocycles. The van der Waals surface area contributed by atoms with Gasteiger partial charge >= 0.3 is 0 Å². The molecule has 0 spiro atoms. The fraction of sp³-hybridized carbons (Fsp3) is 0.200. The van der Waals surface area contributed by atoms with Crippen LogP contribution in [0.4, 0.5) is 0 Å². The number of aryl methyl sites for hydroxylation is 1. The molecular weight excluding hydrogens is 226 g/mol. The highest BCUT2D eigenvalue weighted by molar-refractivity contribution is 5.76. The summed E-state index contributed by atoms with van der Waals surface area (Å²) in [5.41, 5.74) is 3.09. The number of hydrogen-bond donors (Lipinski definition) is 0. The fourth-order valence-corrected chi connectivity index (χ4v) is 1.74. The summed E-state index contributed by atoms with van der Waals surface area (Å²) in [6.07, 6.45) is 0.783. The third-order valence-corrected chi connectivity index (χ3v) is 2.69. The molecule has 1 heterocycles. The van der Waals surface area contributed by atoms with Gasteiger partial charge in [-0.25, -0.2) is 4.98 Å². The number of ether oxygens (including phenoxy) is 1. The Kier molecular flexibility index (Phi) is 3.72. The molecule has 0 aliphatic heterocycles. The number of aldehydes is 1. The molecule has 0 bridgehead atoms. The van der Waals surface area contributed by atoms with E-state index in [0.717, 1.165) is 28.9 Å². The lowest BCUT2D eigenvalue weighted by Crippen LogP contribution is -1.95. The number of pyridine rings is 1. The predicted molar refractivity (Wildman–Crippen MR) is 71.0 cm³/mol. The molecule has 3 heteroatoms. The maximum absolute atomic E-state index is 10.9. The molecule has 0 amide bonds. The van der Waals surface area contributed by atoms with E-state index in [1.54, 1.807) is 0 Å². The molecule has 0 atom stereocenters. The van der Waals surface area contributed by atoms with E-state index in [9.17, 15) is 4.79 Å². The van der Waals surface area contributed by atoms with Crippen LogP contribution < -0.4 is 4.74 Å². The largest absolute Gasteiger partial charge is 0.494 e. The molecule has 0 saturated heterocycles. The molecule has 2 rings (SSSR count). The van der Waals surface area contributed by atoms with Crippen LogP contribution in [0.15, 0.2) is 36.4 Å². The lowest BCUT2D eigenvalue weighted by molar-refractivity contribution is 0.111. The van der Waals surface area contributed by atoms with Crippen LogP contribution >= 0.6 is 0 Å². The first-order valence-corrected chi connectivity index (χ1v) is 5.90. The Hall–Kier alpha value is -2.16. The van der Waals surface area contributed by atoms with Gasteiger partial charge in [0.25, 0.3) is 0 Å². The van der Waals surface area contributed by atoms with Crippen LogP contribution in [0.2, 0.25) is 0 Å². The second kappa shape index (κ2) is 5.45. The predicted octanol–water partition coefficient (Wildman–Crippen LogP) is 3.27. The Bertz CT molecular complexity index is 564. The van der Waals surface area contributed by atoms with E-state index in [-0.39, 0.29) is 0 Å². The number of carbonyl (C=O) groups is 1. The third-order valence-electron chi connectivity index (χ3n) is 2.69. The number of nitrogens with zero attached hydrogens (tertiary/aromatic N) is 1. The van der Waals surface area contributed by atoms with Gasteiger partial charge in [0.15, 0.2) is 6.29 Å². The van der Waals surface area contributed by atoms with Crippen LogP contribution in [0.3, 0.4) is 0 Å². The second-order valence-electron chi connectivity index (χ2n) is 3.98. The number of aromatic nitrogens is 1. The van der Waals surface area contributed by atoms with Gasteiger partial charge in [-0.2, -0.15) is 0 Å². The van der Waals surface area contributed by atoms with Gasteiger partial charge in [0.1, 0.15) is 11.4 Å². The Morgan fingerprint density at radius 2 is 2.11 bits per heavy atom. The highest BCUT2D eigenvalue weighted by Crippen LogP contribution is 2.23. The summed E-state index contributed by atoms with van der Waals surface area (Å²) >= 11 is 0. The summed E-state index contributed by atoms with van der Waals surface area (Å²) in [7, 11) is 0. The Balaban J connectivity index is 2.41. The first-order chi connectivity index (χ1) is 8.74. The maximum Gasteiger partial charge on any atom is 0.168 e. The first kappa shape index (κ1) is 12.3. The van der Waals surface area contributed by atoms with E-state index in [4.69, 9.17) is 4.74 Å². The minimum Gasteiger partial charge on any atom is -0.494 e. The number of hydrogen-bond acceptors (Lipinski definition) is 3. The van der Waals surface area contributed by atoms with Crippen molar-refractivity contribution < 1.29 is 9.53 Å². The Morgan fingerprint density at radius 1 is 1.28 bits per heavy atom. The second-order valence-corrected chi connectivity index (χ2v) is 3.98. The zero-order valence-electron chi connectivity index (χ0n) is 10.5. The number of benzene rings is 1. The average Bonchev–Trinajstić information content (AvgIpc) is 2.40. The summed E-state index contributed by atoms with van der Waals surface area (Å²) in [4.78, 5) is 15.2. The van der Waals surface area contributed by atoms with Gasteiger partial charge in [0.2, 0.25) is 0 Å². The van der Waals surface area contributed by atoms with E-state index in [0.29, 0.717) is 12.3 Å². The zero-order valence-corrected chi connectivity index (χ0v) is 10.5. The van der Waals surface area contributed by atoms with Crippen molar-refractivity contribution in [2.75, 3.05) is 6.61 Å². The van der Waals surface area contributed by atoms with E-state index in [1.807, 2.05) is 50.2 Å². The highest BCUT2D eigenvalue weighted by Gasteiger charge is 2.04. The summed E-state index contributed by atoms with van der Waals surface area (Å²) in [5, 5.41) is 0. The standard InChI is InChI=1S/C15H15NO2/c1-3-18-13-6-4-5-12(9-13)14-8-7-11(2)15(10-17)16-14/h4-10H,3H2,1-2H3. The summed E-state index contributed by atoms with van der Waals surface area (Å²) in [6.45, 7) is 4.45. The molecule has 92 valence electrons. The minimum atomic E-state index is 0.481. The Morgan fingerprint density at radius 3 is 2.83 bits per heavy atom. The molecular formula is C15H15NO2. The highest BCUT2D eigenvalue weighted by atomic mass is 16.5. The van der Waals surface area contributed by atoms with Crippen LogP contribution in [0.25, 0.3) is 11.3 Å². The molecule has 18 heavy (non-hydrogen) atoms. The van der Waals surface area contributed by atoms with Crippen LogP contribution in [0.5, 0.6) is 5.75 Å². The van der Waals surface area contributed by atoms with Crippen molar-refractivity contribution in [1.82, 2.24) is 4.98 Å². The van der Waals surface area contributed by atoms with Crippen LogP contribution in [0, 0.1) is 6.92 Å². The maximum atomic E-state index is 10.9.